The lowest BCUT2D eigenvalue weighted by atomic mass is 10.2. The number of nitrogens with one attached hydrogen (secondary N) is 1. The molecule has 0 atom stereocenters. The predicted molar refractivity (Wildman–Crippen MR) is 41.7 cm³/mol. The van der Waals surface area contributed by atoms with Crippen LogP contribution in [0.4, 0.5) is 10.1 Å². The summed E-state index contributed by atoms with van der Waals surface area (Å²) in [5, 5.41) is 18.7. The third-order valence-electron chi connectivity index (χ3n) is 1.51. The van der Waals surface area contributed by atoms with Crippen molar-refractivity contribution < 1.29 is 14.5 Å². The first-order valence-corrected chi connectivity index (χ1v) is 3.45. The van der Waals surface area contributed by atoms with Crippen LogP contribution in [-0.2, 0) is 6.54 Å². The monoisotopic (exact) mass is 186 g/mol. The summed E-state index contributed by atoms with van der Waals surface area (Å²) in [5.41, 5.74) is 1.62. The van der Waals surface area contributed by atoms with E-state index in [0.29, 0.717) is 0 Å². The standard InChI is InChI=1S/C7H7FN2O3/c8-6-1-2-7(10(12)13)5(3-6)4-9-11/h1-3,9,11H,4H2. The lowest BCUT2D eigenvalue weighted by molar-refractivity contribution is -0.385. The largest absolute Gasteiger partial charge is 0.316 e. The molecular weight excluding hydrogens is 179 g/mol. The Bertz CT molecular complexity index is 330. The molecule has 0 fully saturated rings. The maximum absolute atomic E-state index is 12.6. The fraction of sp³-hybridized carbons (Fsp3) is 0.143. The molecule has 0 bridgehead atoms. The number of rotatable bonds is 3. The highest BCUT2D eigenvalue weighted by molar-refractivity contribution is 5.40. The van der Waals surface area contributed by atoms with Gasteiger partial charge in [-0.05, 0) is 12.1 Å². The van der Waals surface area contributed by atoms with Crippen LogP contribution in [0.5, 0.6) is 0 Å². The summed E-state index contributed by atoms with van der Waals surface area (Å²) in [5.74, 6) is -0.573. The van der Waals surface area contributed by atoms with Gasteiger partial charge in [-0.25, -0.2) is 9.87 Å². The lowest BCUT2D eigenvalue weighted by Crippen LogP contribution is -2.08. The second-order valence-electron chi connectivity index (χ2n) is 2.37. The first-order valence-electron chi connectivity index (χ1n) is 3.45. The Morgan fingerprint density at radius 3 is 2.85 bits per heavy atom. The van der Waals surface area contributed by atoms with E-state index >= 15 is 0 Å². The smallest absolute Gasteiger partial charge is 0.274 e. The summed E-state index contributed by atoms with van der Waals surface area (Å²) in [7, 11) is 0. The summed E-state index contributed by atoms with van der Waals surface area (Å²) >= 11 is 0. The van der Waals surface area contributed by atoms with Gasteiger partial charge in [-0.15, -0.1) is 0 Å². The van der Waals surface area contributed by atoms with Gasteiger partial charge in [-0.1, -0.05) is 0 Å². The Balaban J connectivity index is 3.10. The van der Waals surface area contributed by atoms with Gasteiger partial charge in [-0.2, -0.15) is 0 Å². The van der Waals surface area contributed by atoms with Crippen LogP contribution in [-0.4, -0.2) is 10.1 Å². The Morgan fingerprint density at radius 2 is 2.31 bits per heavy atom. The molecule has 0 aliphatic rings. The average molecular weight is 186 g/mol. The molecule has 6 heteroatoms. The highest BCUT2D eigenvalue weighted by Crippen LogP contribution is 2.18. The molecule has 0 saturated heterocycles. The second-order valence-corrected chi connectivity index (χ2v) is 2.37. The number of hydrogen-bond donors (Lipinski definition) is 2. The molecule has 0 aliphatic heterocycles. The van der Waals surface area contributed by atoms with Gasteiger partial charge in [-0.3, -0.25) is 10.1 Å². The highest BCUT2D eigenvalue weighted by atomic mass is 19.1. The molecule has 0 spiro atoms. The van der Waals surface area contributed by atoms with Gasteiger partial charge < -0.3 is 5.21 Å². The van der Waals surface area contributed by atoms with Crippen molar-refractivity contribution in [1.29, 1.82) is 0 Å². The highest BCUT2D eigenvalue weighted by Gasteiger charge is 2.13. The molecule has 0 aliphatic carbocycles. The summed E-state index contributed by atoms with van der Waals surface area (Å²) in [6.07, 6.45) is 0. The Kier molecular flexibility index (Phi) is 2.88. The summed E-state index contributed by atoms with van der Waals surface area (Å²) < 4.78 is 12.6. The maximum Gasteiger partial charge on any atom is 0.274 e. The van der Waals surface area contributed by atoms with E-state index in [1.165, 1.54) is 0 Å². The molecular formula is C7H7FN2O3. The van der Waals surface area contributed by atoms with Crippen LogP contribution in [0, 0.1) is 15.9 Å². The summed E-state index contributed by atoms with van der Waals surface area (Å²) in [6, 6.07) is 3.06. The normalized spacial score (nSPS) is 10.0. The molecule has 0 saturated carbocycles. The van der Waals surface area contributed by atoms with Crippen molar-refractivity contribution >= 4 is 5.69 Å². The van der Waals surface area contributed by atoms with Crippen molar-refractivity contribution in [2.45, 2.75) is 6.54 Å². The topological polar surface area (TPSA) is 75.4 Å². The minimum Gasteiger partial charge on any atom is -0.316 e. The van der Waals surface area contributed by atoms with E-state index in [4.69, 9.17) is 5.21 Å². The number of hydroxylamine groups is 1. The van der Waals surface area contributed by atoms with E-state index in [1.807, 2.05) is 0 Å². The molecule has 13 heavy (non-hydrogen) atoms. The minimum absolute atomic E-state index is 0.104. The first-order chi connectivity index (χ1) is 6.15. The van der Waals surface area contributed by atoms with Gasteiger partial charge >= 0.3 is 0 Å². The molecule has 70 valence electrons. The third kappa shape index (κ3) is 2.20. The summed E-state index contributed by atoms with van der Waals surface area (Å²) in [4.78, 5) is 9.75. The molecule has 1 aromatic carbocycles. The lowest BCUT2D eigenvalue weighted by Gasteiger charge is -2.00. The van der Waals surface area contributed by atoms with Gasteiger partial charge in [0.05, 0.1) is 11.5 Å². The number of hydrogen-bond acceptors (Lipinski definition) is 4. The van der Waals surface area contributed by atoms with E-state index in [1.54, 1.807) is 5.48 Å². The predicted octanol–water partition coefficient (Wildman–Crippen LogP) is 1.21. The number of nitrogens with zero attached hydrogens (tertiary/aromatic N) is 1. The zero-order valence-corrected chi connectivity index (χ0v) is 6.53. The molecule has 0 radical (unpaired) electrons. The first kappa shape index (κ1) is 9.56. The summed E-state index contributed by atoms with van der Waals surface area (Å²) in [6.45, 7) is -0.159. The average Bonchev–Trinajstić information content (AvgIpc) is 2.04. The van der Waals surface area contributed by atoms with Crippen LogP contribution in [0.1, 0.15) is 5.56 Å². The van der Waals surface area contributed by atoms with Crippen molar-refractivity contribution in [2.75, 3.05) is 0 Å². The molecule has 0 amide bonds. The second kappa shape index (κ2) is 3.92. The minimum atomic E-state index is -0.633. The molecule has 5 nitrogen and oxygen atoms in total. The fourth-order valence-corrected chi connectivity index (χ4v) is 0.959. The molecule has 0 heterocycles. The van der Waals surface area contributed by atoms with Gasteiger partial charge in [0, 0.05) is 11.6 Å². The van der Waals surface area contributed by atoms with Crippen molar-refractivity contribution in [2.24, 2.45) is 0 Å². The van der Waals surface area contributed by atoms with Crippen LogP contribution in [0.25, 0.3) is 0 Å². The van der Waals surface area contributed by atoms with E-state index in [-0.39, 0.29) is 17.8 Å². The van der Waals surface area contributed by atoms with E-state index in [9.17, 15) is 14.5 Å². The quantitative estimate of drug-likeness (QED) is 0.549. The molecule has 0 unspecified atom stereocenters. The Morgan fingerprint density at radius 1 is 1.62 bits per heavy atom. The number of benzene rings is 1. The van der Waals surface area contributed by atoms with E-state index in [2.05, 4.69) is 0 Å². The van der Waals surface area contributed by atoms with E-state index in [0.717, 1.165) is 18.2 Å². The van der Waals surface area contributed by atoms with Crippen LogP contribution in [0.15, 0.2) is 18.2 Å². The zero-order chi connectivity index (χ0) is 9.84. The van der Waals surface area contributed by atoms with E-state index < -0.39 is 10.7 Å². The van der Waals surface area contributed by atoms with Crippen LogP contribution in [0.3, 0.4) is 0 Å². The molecule has 1 rings (SSSR count). The number of nitro benzene ring substituents is 1. The molecule has 0 aromatic heterocycles. The molecule has 1 aromatic rings. The van der Waals surface area contributed by atoms with Crippen molar-refractivity contribution in [1.82, 2.24) is 5.48 Å². The van der Waals surface area contributed by atoms with Crippen molar-refractivity contribution in [3.63, 3.8) is 0 Å². The maximum atomic E-state index is 12.6. The number of halogens is 1. The SMILES string of the molecule is O=[N+]([O-])c1ccc(F)cc1CNO. The third-order valence-corrected chi connectivity index (χ3v) is 1.51. The van der Waals surface area contributed by atoms with Crippen LogP contribution >= 0.6 is 0 Å². The zero-order valence-electron chi connectivity index (χ0n) is 6.53. The van der Waals surface area contributed by atoms with Gasteiger partial charge in [0.25, 0.3) is 5.69 Å². The van der Waals surface area contributed by atoms with Crippen molar-refractivity contribution in [3.8, 4) is 0 Å². The molecule has 2 N–H and O–H groups in total. The van der Waals surface area contributed by atoms with Gasteiger partial charge in [0.1, 0.15) is 5.82 Å². The van der Waals surface area contributed by atoms with Crippen LogP contribution < -0.4 is 5.48 Å². The Labute approximate surface area is 72.9 Å². The van der Waals surface area contributed by atoms with Gasteiger partial charge in [0.2, 0.25) is 0 Å². The number of nitro groups is 1. The van der Waals surface area contributed by atoms with Crippen molar-refractivity contribution in [3.05, 3.63) is 39.7 Å². The fourth-order valence-electron chi connectivity index (χ4n) is 0.959. The van der Waals surface area contributed by atoms with Crippen LogP contribution in [0.2, 0.25) is 0 Å². The Hall–Kier alpha value is -1.53. The van der Waals surface area contributed by atoms with Gasteiger partial charge in [0.15, 0.2) is 0 Å².